The molecule has 1 saturated carbocycles. The Morgan fingerprint density at radius 3 is 2.73 bits per heavy atom. The summed E-state index contributed by atoms with van der Waals surface area (Å²) >= 11 is 0. The number of carbonyl (C=O) groups is 1. The first-order valence-corrected chi connectivity index (χ1v) is 9.85. The second-order valence-corrected chi connectivity index (χ2v) is 8.49. The number of nitrogens with one attached hydrogen (secondary N) is 1. The van der Waals surface area contributed by atoms with Crippen molar-refractivity contribution >= 4 is 6.09 Å². The number of alkyl carbamates (subject to hydrolysis) is 1. The van der Waals surface area contributed by atoms with Gasteiger partial charge in [-0.25, -0.2) is 4.79 Å². The van der Waals surface area contributed by atoms with Crippen LogP contribution < -0.4 is 11.1 Å². The van der Waals surface area contributed by atoms with Crippen molar-refractivity contribution in [2.75, 3.05) is 26.8 Å². The van der Waals surface area contributed by atoms with E-state index >= 15 is 0 Å². The predicted octanol–water partition coefficient (Wildman–Crippen LogP) is 1.83. The molecule has 0 bridgehead atoms. The fourth-order valence-electron chi connectivity index (χ4n) is 4.63. The number of amides is 1. The van der Waals surface area contributed by atoms with E-state index < -0.39 is 6.09 Å². The summed E-state index contributed by atoms with van der Waals surface area (Å²) in [6, 6.07) is 0. The predicted molar refractivity (Wildman–Crippen MR) is 96.9 cm³/mol. The minimum atomic E-state index is -0.438. The monoisotopic (exact) mass is 370 g/mol. The summed E-state index contributed by atoms with van der Waals surface area (Å²) in [5, 5.41) is 2.67. The SMILES string of the molecule is COC1C(OC(=O)NCCN)CC[C@]2(CO2)C1C1(C)O[C@@H]1CCC(C)C. The Balaban J connectivity index is 1.69. The zero-order valence-corrected chi connectivity index (χ0v) is 16.5. The molecular formula is C19H34N2O5. The molecule has 3 aliphatic rings. The molecule has 2 heterocycles. The molecule has 4 unspecified atom stereocenters. The first kappa shape index (κ1) is 19.9. The molecule has 0 aromatic carbocycles. The molecular weight excluding hydrogens is 336 g/mol. The largest absolute Gasteiger partial charge is 0.443 e. The Hall–Kier alpha value is -0.890. The molecule has 3 rings (SSSR count). The number of hydrogen-bond donors (Lipinski definition) is 2. The van der Waals surface area contributed by atoms with E-state index in [1.807, 2.05) is 0 Å². The van der Waals surface area contributed by atoms with Crippen molar-refractivity contribution in [3.63, 3.8) is 0 Å². The lowest BCUT2D eigenvalue weighted by Crippen LogP contribution is -2.56. The van der Waals surface area contributed by atoms with Crippen LogP contribution in [0.1, 0.15) is 46.5 Å². The summed E-state index contributed by atoms with van der Waals surface area (Å²) in [5.74, 6) is 0.722. The smallest absolute Gasteiger partial charge is 0.407 e. The number of nitrogens with two attached hydrogens (primary N) is 1. The van der Waals surface area contributed by atoms with Gasteiger partial charge in [-0.2, -0.15) is 0 Å². The first-order chi connectivity index (χ1) is 12.4. The first-order valence-electron chi connectivity index (χ1n) is 9.85. The second-order valence-electron chi connectivity index (χ2n) is 8.49. The van der Waals surface area contributed by atoms with Gasteiger partial charge in [0.1, 0.15) is 23.4 Å². The van der Waals surface area contributed by atoms with Gasteiger partial charge in [0, 0.05) is 20.2 Å². The lowest BCUT2D eigenvalue weighted by atomic mass is 9.68. The molecule has 2 aliphatic heterocycles. The number of ether oxygens (including phenoxy) is 4. The molecule has 3 fully saturated rings. The van der Waals surface area contributed by atoms with Gasteiger partial charge in [-0.1, -0.05) is 13.8 Å². The van der Waals surface area contributed by atoms with E-state index in [2.05, 4.69) is 26.1 Å². The second kappa shape index (κ2) is 7.62. The topological polar surface area (TPSA) is 98.6 Å². The highest BCUT2D eigenvalue weighted by Crippen LogP contribution is 2.59. The summed E-state index contributed by atoms with van der Waals surface area (Å²) in [6.45, 7) is 8.14. The lowest BCUT2D eigenvalue weighted by Gasteiger charge is -2.42. The average Bonchev–Trinajstić information content (AvgIpc) is 3.50. The molecule has 1 amide bonds. The van der Waals surface area contributed by atoms with Crippen LogP contribution in [-0.4, -0.2) is 62.4 Å². The molecule has 2 saturated heterocycles. The third-order valence-corrected chi connectivity index (χ3v) is 6.18. The third kappa shape index (κ3) is 3.86. The van der Waals surface area contributed by atoms with Crippen LogP contribution in [0.15, 0.2) is 0 Å². The van der Waals surface area contributed by atoms with Crippen molar-refractivity contribution in [1.82, 2.24) is 5.32 Å². The maximum Gasteiger partial charge on any atom is 0.407 e. The molecule has 7 heteroatoms. The molecule has 7 nitrogen and oxygen atoms in total. The minimum Gasteiger partial charge on any atom is -0.443 e. The van der Waals surface area contributed by atoms with Gasteiger partial charge in [0.25, 0.3) is 0 Å². The Kier molecular flexibility index (Phi) is 5.82. The van der Waals surface area contributed by atoms with Crippen molar-refractivity contribution in [1.29, 1.82) is 0 Å². The maximum absolute atomic E-state index is 12.0. The van der Waals surface area contributed by atoms with Crippen molar-refractivity contribution in [2.24, 2.45) is 17.6 Å². The number of carbonyl (C=O) groups excluding carboxylic acids is 1. The van der Waals surface area contributed by atoms with Crippen LogP contribution >= 0.6 is 0 Å². The van der Waals surface area contributed by atoms with Crippen LogP contribution in [0, 0.1) is 11.8 Å². The van der Waals surface area contributed by atoms with E-state index in [1.165, 1.54) is 0 Å². The van der Waals surface area contributed by atoms with Crippen molar-refractivity contribution in [3.05, 3.63) is 0 Å². The van der Waals surface area contributed by atoms with E-state index in [9.17, 15) is 4.79 Å². The zero-order chi connectivity index (χ0) is 18.9. The molecule has 0 radical (unpaired) electrons. The van der Waals surface area contributed by atoms with Gasteiger partial charge < -0.3 is 30.0 Å². The van der Waals surface area contributed by atoms with Gasteiger partial charge in [-0.15, -0.1) is 0 Å². The molecule has 1 aliphatic carbocycles. The van der Waals surface area contributed by atoms with Crippen LogP contribution in [0.2, 0.25) is 0 Å². The Morgan fingerprint density at radius 2 is 2.15 bits per heavy atom. The minimum absolute atomic E-state index is 0.0678. The highest BCUT2D eigenvalue weighted by atomic mass is 16.6. The molecule has 6 atom stereocenters. The number of methoxy groups -OCH3 is 1. The van der Waals surface area contributed by atoms with E-state index in [4.69, 9.17) is 24.7 Å². The molecule has 0 aromatic rings. The summed E-state index contributed by atoms with van der Waals surface area (Å²) in [4.78, 5) is 12.0. The molecule has 0 aromatic heterocycles. The van der Waals surface area contributed by atoms with Crippen LogP contribution in [0.3, 0.4) is 0 Å². The van der Waals surface area contributed by atoms with Crippen LogP contribution in [0.25, 0.3) is 0 Å². The summed E-state index contributed by atoms with van der Waals surface area (Å²) in [6.07, 6.45) is 3.03. The quantitative estimate of drug-likeness (QED) is 0.633. The lowest BCUT2D eigenvalue weighted by molar-refractivity contribution is -0.118. The normalized spacial score (nSPS) is 41.3. The van der Waals surface area contributed by atoms with Crippen molar-refractivity contribution < 1.29 is 23.7 Å². The highest BCUT2D eigenvalue weighted by molar-refractivity contribution is 5.67. The standard InChI is InChI=1S/C19H34N2O5/c1-12(2)5-6-14-18(3,26-14)16-15(23-4)13(7-8-19(16)11-24-19)25-17(22)21-10-9-20/h12-16H,5-11,20H2,1-4H3,(H,21,22)/t13?,14-,15?,16?,18?,19+/m1/s1. The number of epoxide rings is 2. The van der Waals surface area contributed by atoms with Gasteiger partial charge in [0.2, 0.25) is 0 Å². The maximum atomic E-state index is 12.0. The third-order valence-electron chi connectivity index (χ3n) is 6.18. The Bertz CT molecular complexity index is 510. The summed E-state index contributed by atoms with van der Waals surface area (Å²) < 4.78 is 23.6. The summed E-state index contributed by atoms with van der Waals surface area (Å²) in [5.41, 5.74) is 4.97. The molecule has 26 heavy (non-hydrogen) atoms. The van der Waals surface area contributed by atoms with Gasteiger partial charge in [-0.05, 0) is 38.5 Å². The molecule has 3 N–H and O–H groups in total. The number of rotatable bonds is 8. The van der Waals surface area contributed by atoms with Crippen molar-refractivity contribution in [3.8, 4) is 0 Å². The van der Waals surface area contributed by atoms with Crippen LogP contribution in [0.5, 0.6) is 0 Å². The fraction of sp³-hybridized carbons (Fsp3) is 0.947. The Labute approximate surface area is 156 Å². The Morgan fingerprint density at radius 1 is 1.42 bits per heavy atom. The fourth-order valence-corrected chi connectivity index (χ4v) is 4.63. The highest BCUT2D eigenvalue weighted by Gasteiger charge is 2.72. The van der Waals surface area contributed by atoms with E-state index in [0.717, 1.165) is 32.3 Å². The average molecular weight is 370 g/mol. The van der Waals surface area contributed by atoms with Crippen LogP contribution in [0.4, 0.5) is 4.79 Å². The zero-order valence-electron chi connectivity index (χ0n) is 16.5. The van der Waals surface area contributed by atoms with Gasteiger partial charge in [0.05, 0.1) is 18.6 Å². The summed E-state index contributed by atoms with van der Waals surface area (Å²) in [7, 11) is 1.68. The van der Waals surface area contributed by atoms with Crippen molar-refractivity contribution in [2.45, 2.75) is 76.0 Å². The van der Waals surface area contributed by atoms with E-state index in [1.54, 1.807) is 7.11 Å². The van der Waals surface area contributed by atoms with Crippen LogP contribution in [-0.2, 0) is 18.9 Å². The van der Waals surface area contributed by atoms with Gasteiger partial charge in [0.15, 0.2) is 0 Å². The van der Waals surface area contributed by atoms with Gasteiger partial charge >= 0.3 is 6.09 Å². The molecule has 150 valence electrons. The van der Waals surface area contributed by atoms with E-state index in [0.29, 0.717) is 19.0 Å². The molecule has 1 spiro atoms. The van der Waals surface area contributed by atoms with Gasteiger partial charge in [-0.3, -0.25) is 0 Å². The van der Waals surface area contributed by atoms with E-state index in [-0.39, 0.29) is 35.4 Å². The number of hydrogen-bond acceptors (Lipinski definition) is 6.